The first-order valence-electron chi connectivity index (χ1n) is 33.3. The summed E-state index contributed by atoms with van der Waals surface area (Å²) in [6.45, 7) is 16.8. The molecule has 7 aromatic rings. The zero-order chi connectivity index (χ0) is 64.5. The first-order valence-corrected chi connectivity index (χ1v) is 38.3. The molecule has 0 aromatic heterocycles. The number of carbonyl (C=O) groups is 2. The zero-order valence-electron chi connectivity index (χ0n) is 54.8. The van der Waals surface area contributed by atoms with E-state index in [1.807, 2.05) is 76.2 Å². The number of unbranched alkanes of at least 4 members (excludes halogenated alkanes) is 10. The lowest BCUT2D eigenvalue weighted by Crippen LogP contribution is -2.38. The molecule has 7 aromatic carbocycles. The Hall–Kier alpha value is -7.25. The van der Waals surface area contributed by atoms with Crippen LogP contribution in [0, 0.1) is 0 Å². The smallest absolute Gasteiger partial charge is 0.343 e. The van der Waals surface area contributed by atoms with Gasteiger partial charge in [0.25, 0.3) is 0 Å². The van der Waals surface area contributed by atoms with Crippen LogP contribution in [0.4, 0.5) is 0 Å². The van der Waals surface area contributed by atoms with Gasteiger partial charge in [-0.15, -0.1) is 0 Å². The van der Waals surface area contributed by atoms with Crippen LogP contribution in [0.5, 0.6) is 40.2 Å². The molecule has 0 saturated heterocycles. The average Bonchev–Trinajstić information content (AvgIpc) is 2.01. The van der Waals surface area contributed by atoms with Gasteiger partial charge in [-0.3, -0.25) is 0 Å². The maximum absolute atomic E-state index is 13.0. The van der Waals surface area contributed by atoms with Gasteiger partial charge in [-0.25, -0.2) is 9.59 Å². The normalized spacial score (nSPS) is 11.6. The number of hydrogen-bond donors (Lipinski definition) is 2. The second kappa shape index (κ2) is 38.6. The van der Waals surface area contributed by atoms with Crippen molar-refractivity contribution in [1.82, 2.24) is 0 Å². The Bertz CT molecular complexity index is 3210. The molecule has 0 fully saturated rings. The van der Waals surface area contributed by atoms with Crippen LogP contribution in [0.25, 0.3) is 22.3 Å². The molecule has 91 heavy (non-hydrogen) atoms. The van der Waals surface area contributed by atoms with Gasteiger partial charge in [-0.05, 0) is 259 Å². The fourth-order valence-electron chi connectivity index (χ4n) is 11.2. The van der Waals surface area contributed by atoms with Crippen molar-refractivity contribution < 1.29 is 61.2 Å². The molecule has 0 aliphatic carbocycles. The van der Waals surface area contributed by atoms with Crippen LogP contribution in [0.1, 0.15) is 155 Å². The van der Waals surface area contributed by atoms with Crippen molar-refractivity contribution in [2.45, 2.75) is 162 Å². The summed E-state index contributed by atoms with van der Waals surface area (Å²) in [4.78, 5) is 25.9. The molecule has 0 atom stereocenters. The topological polar surface area (TPSA) is 158 Å². The standard InChI is InChI=1S/C76H98O13Si2/c1-7-84-90(5,85-8-2)55-23-26-66-57-64(38-50-73(66)77)60-32-40-68(41-33-60)81-52-20-16-12-11-15-19-25-59-28-30-62(31-29-59)75(79)88-71-46-48-72(49-47-71)89-76(80)63-36-44-70(45-37-63)83-54-22-18-14-13-17-21-53-82-69-42-34-61(35-43-69)65-39-51-74(78)67(58-65)27-24-56-91(6,86-9-3)87-10-4/h28-51,57-58,77-78H,7-27,52-56H2,1-6H3. The van der Waals surface area contributed by atoms with Crippen molar-refractivity contribution in [2.75, 3.05) is 46.2 Å². The van der Waals surface area contributed by atoms with Crippen LogP contribution in [0.3, 0.4) is 0 Å². The summed E-state index contributed by atoms with van der Waals surface area (Å²) in [5.74, 6) is 2.79. The molecule has 0 amide bonds. The third kappa shape index (κ3) is 24.7. The quantitative estimate of drug-likeness (QED) is 0.0161. The van der Waals surface area contributed by atoms with E-state index in [0.29, 0.717) is 86.1 Å². The number of phenols is 2. The van der Waals surface area contributed by atoms with E-state index in [9.17, 15) is 19.8 Å². The second-order valence-corrected chi connectivity index (χ2v) is 30.1. The van der Waals surface area contributed by atoms with E-state index in [0.717, 1.165) is 166 Å². The van der Waals surface area contributed by atoms with Gasteiger partial charge in [0.05, 0.1) is 30.9 Å². The molecule has 488 valence electrons. The predicted octanol–water partition coefficient (Wildman–Crippen LogP) is 18.8. The molecule has 0 aliphatic rings. The molecular formula is C76H98O13Si2. The summed E-state index contributed by atoms with van der Waals surface area (Å²) in [5, 5.41) is 21.2. The number of hydrogen-bond acceptors (Lipinski definition) is 13. The zero-order valence-corrected chi connectivity index (χ0v) is 56.8. The van der Waals surface area contributed by atoms with Gasteiger partial charge in [-0.1, -0.05) is 99.9 Å². The molecule has 0 saturated carbocycles. The molecule has 15 heteroatoms. The third-order valence-corrected chi connectivity index (χ3v) is 22.3. The summed E-state index contributed by atoms with van der Waals surface area (Å²) < 4.78 is 53.3. The molecule has 7 rings (SSSR count). The first kappa shape index (κ1) is 71.2. The second-order valence-electron chi connectivity index (χ2n) is 23.5. The molecular weight excluding hydrogens is 1180 g/mol. The highest BCUT2D eigenvalue weighted by molar-refractivity contribution is 6.66. The number of phenolic OH excluding ortho intramolecular Hbond substituents is 2. The Labute approximate surface area is 543 Å². The summed E-state index contributed by atoms with van der Waals surface area (Å²) in [6.07, 6.45) is 17.3. The fourth-order valence-corrected chi connectivity index (χ4v) is 16.1. The van der Waals surface area contributed by atoms with Gasteiger partial charge < -0.3 is 51.6 Å². The summed E-state index contributed by atoms with van der Waals surface area (Å²) >= 11 is 0. The van der Waals surface area contributed by atoms with E-state index >= 15 is 0 Å². The Balaban J connectivity index is 0.683. The van der Waals surface area contributed by atoms with Crippen molar-refractivity contribution in [3.8, 4) is 62.5 Å². The molecule has 13 nitrogen and oxygen atoms in total. The Morgan fingerprint density at radius 2 is 0.648 bits per heavy atom. The minimum atomic E-state index is -2.19. The lowest BCUT2D eigenvalue weighted by molar-refractivity contribution is 0.0719. The third-order valence-electron chi connectivity index (χ3n) is 16.2. The van der Waals surface area contributed by atoms with Gasteiger partial charge in [0.2, 0.25) is 0 Å². The molecule has 0 bridgehead atoms. The maximum atomic E-state index is 13.0. The van der Waals surface area contributed by atoms with Crippen molar-refractivity contribution >= 4 is 29.1 Å². The highest BCUT2D eigenvalue weighted by atomic mass is 28.4. The fraction of sp³-hybridized carbons (Fsp3) is 0.421. The molecule has 0 aliphatic heterocycles. The summed E-state index contributed by atoms with van der Waals surface area (Å²) in [7, 11) is -4.39. The largest absolute Gasteiger partial charge is 0.508 e. The van der Waals surface area contributed by atoms with E-state index in [1.54, 1.807) is 72.8 Å². The van der Waals surface area contributed by atoms with Crippen molar-refractivity contribution in [3.63, 3.8) is 0 Å². The van der Waals surface area contributed by atoms with Gasteiger partial charge >= 0.3 is 29.1 Å². The monoisotopic (exact) mass is 1270 g/mol. The van der Waals surface area contributed by atoms with Crippen LogP contribution in [-0.2, 0) is 37.0 Å². The minimum absolute atomic E-state index is 0.321. The van der Waals surface area contributed by atoms with Crippen molar-refractivity contribution in [2.24, 2.45) is 0 Å². The average molecular weight is 1280 g/mol. The number of aryl methyl sites for hydroxylation is 3. The summed E-state index contributed by atoms with van der Waals surface area (Å²) in [6, 6.07) is 50.8. The molecule has 2 N–H and O–H groups in total. The molecule has 0 spiro atoms. The number of rotatable bonds is 43. The number of esters is 2. The number of aromatic hydroxyl groups is 2. The lowest BCUT2D eigenvalue weighted by Gasteiger charge is -2.26. The highest BCUT2D eigenvalue weighted by Gasteiger charge is 2.31. The Kier molecular flexibility index (Phi) is 30.2. The van der Waals surface area contributed by atoms with Crippen LogP contribution in [0.15, 0.2) is 158 Å². The van der Waals surface area contributed by atoms with E-state index in [2.05, 4.69) is 49.5 Å². The van der Waals surface area contributed by atoms with Gasteiger partial charge in [0.1, 0.15) is 40.2 Å². The molecule has 0 radical (unpaired) electrons. The van der Waals surface area contributed by atoms with Gasteiger partial charge in [0.15, 0.2) is 0 Å². The number of ether oxygens (including phenoxy) is 5. The summed E-state index contributed by atoms with van der Waals surface area (Å²) in [5.41, 5.74) is 8.23. The SMILES string of the molecule is CCO[Si](C)(CCCc1cc(-c2ccc(OCCCCCCCCOc3ccc(C(=O)Oc4ccc(OC(=O)c5ccc(CCCCCCCCOc6ccc(-c7ccc(O)c(CCC[Si](C)(OCC)OCC)c7)cc6)cc5)cc4)cc3)cc2)ccc1O)OCC. The minimum Gasteiger partial charge on any atom is -0.508 e. The molecule has 0 unspecified atom stereocenters. The maximum Gasteiger partial charge on any atom is 0.343 e. The van der Waals surface area contributed by atoms with Crippen LogP contribution < -0.4 is 23.7 Å². The number of carbonyl (C=O) groups excluding carboxylic acids is 2. The van der Waals surface area contributed by atoms with Crippen molar-refractivity contribution in [1.29, 1.82) is 0 Å². The van der Waals surface area contributed by atoms with Crippen LogP contribution >= 0.6 is 0 Å². The Morgan fingerprint density at radius 3 is 1.01 bits per heavy atom. The molecule has 0 heterocycles. The highest BCUT2D eigenvalue weighted by Crippen LogP contribution is 2.32. The Morgan fingerprint density at radius 1 is 0.341 bits per heavy atom. The van der Waals surface area contributed by atoms with E-state index in [-0.39, 0.29) is 0 Å². The van der Waals surface area contributed by atoms with Gasteiger partial charge in [0, 0.05) is 26.4 Å². The van der Waals surface area contributed by atoms with E-state index < -0.39 is 29.1 Å². The van der Waals surface area contributed by atoms with Crippen LogP contribution in [0.2, 0.25) is 25.2 Å². The van der Waals surface area contributed by atoms with Crippen LogP contribution in [-0.4, -0.2) is 85.5 Å². The predicted molar refractivity (Wildman–Crippen MR) is 368 cm³/mol. The van der Waals surface area contributed by atoms with Gasteiger partial charge in [-0.2, -0.15) is 0 Å². The van der Waals surface area contributed by atoms with E-state index in [4.69, 9.17) is 41.4 Å². The van der Waals surface area contributed by atoms with Crippen molar-refractivity contribution in [3.05, 3.63) is 186 Å². The lowest BCUT2D eigenvalue weighted by atomic mass is 10.00. The first-order chi connectivity index (χ1) is 44.3. The van der Waals surface area contributed by atoms with E-state index in [1.165, 1.54) is 5.56 Å². The number of benzene rings is 7.